The highest BCUT2D eigenvalue weighted by molar-refractivity contribution is 7.80. The van der Waals surface area contributed by atoms with Gasteiger partial charge in [-0.2, -0.15) is 12.6 Å². The van der Waals surface area contributed by atoms with E-state index in [2.05, 4.69) is 63.4 Å². The third-order valence-electron chi connectivity index (χ3n) is 2.96. The quantitative estimate of drug-likeness (QED) is 0.516. The van der Waals surface area contributed by atoms with Crippen LogP contribution in [0.4, 0.5) is 0 Å². The SMILES string of the molecule is C=C(C)CCC1=CC=CC(C)(CCS)C=C1. The molecule has 0 saturated carbocycles. The third-order valence-corrected chi connectivity index (χ3v) is 3.18. The molecule has 0 aromatic carbocycles. The van der Waals surface area contributed by atoms with Crippen molar-refractivity contribution >= 4 is 12.6 Å². The summed E-state index contributed by atoms with van der Waals surface area (Å²) >= 11 is 4.31. The summed E-state index contributed by atoms with van der Waals surface area (Å²) in [5.74, 6) is 0.923. The van der Waals surface area contributed by atoms with E-state index < -0.39 is 0 Å². The lowest BCUT2D eigenvalue weighted by Crippen LogP contribution is -2.09. The maximum absolute atomic E-state index is 4.31. The largest absolute Gasteiger partial charge is 0.179 e. The summed E-state index contributed by atoms with van der Waals surface area (Å²) in [5, 5.41) is 0. The highest BCUT2D eigenvalue weighted by Crippen LogP contribution is 2.29. The lowest BCUT2D eigenvalue weighted by Gasteiger charge is -2.19. The number of hydrogen-bond donors (Lipinski definition) is 1. The maximum Gasteiger partial charge on any atom is 0.00467 e. The first kappa shape index (κ1) is 13.4. The minimum absolute atomic E-state index is 0.170. The highest BCUT2D eigenvalue weighted by Gasteiger charge is 2.16. The van der Waals surface area contributed by atoms with Gasteiger partial charge in [-0.3, -0.25) is 0 Å². The molecule has 0 aromatic heterocycles. The van der Waals surface area contributed by atoms with Gasteiger partial charge in [-0.25, -0.2) is 0 Å². The van der Waals surface area contributed by atoms with Gasteiger partial charge < -0.3 is 0 Å². The van der Waals surface area contributed by atoms with Crippen molar-refractivity contribution in [2.24, 2.45) is 5.41 Å². The second-order valence-corrected chi connectivity index (χ2v) is 5.32. The van der Waals surface area contributed by atoms with Crippen LogP contribution < -0.4 is 0 Å². The number of thiol groups is 1. The first-order valence-electron chi connectivity index (χ1n) is 5.89. The maximum atomic E-state index is 4.31. The summed E-state index contributed by atoms with van der Waals surface area (Å²) in [6.45, 7) is 8.28. The molecule has 16 heavy (non-hydrogen) atoms. The van der Waals surface area contributed by atoms with Crippen LogP contribution in [0.5, 0.6) is 0 Å². The summed E-state index contributed by atoms with van der Waals surface area (Å²) in [7, 11) is 0. The minimum Gasteiger partial charge on any atom is -0.179 e. The molecular weight excluding hydrogens is 212 g/mol. The standard InChI is InChI=1S/C15H22S/c1-13(2)6-7-14-5-4-9-15(3,10-8-14)11-12-16/h4-5,8-10,16H,1,6-7,11-12H2,2-3H3. The lowest BCUT2D eigenvalue weighted by molar-refractivity contribution is 0.536. The Hall–Kier alpha value is -0.690. The van der Waals surface area contributed by atoms with Crippen LogP contribution in [0.1, 0.15) is 33.1 Å². The molecular formula is C15H22S. The smallest absolute Gasteiger partial charge is 0.00467 e. The predicted octanol–water partition coefficient (Wildman–Crippen LogP) is 4.72. The molecule has 0 bridgehead atoms. The first-order valence-corrected chi connectivity index (χ1v) is 6.52. The first-order chi connectivity index (χ1) is 7.56. The highest BCUT2D eigenvalue weighted by atomic mass is 32.1. The molecule has 0 saturated heterocycles. The fraction of sp³-hybridized carbons (Fsp3) is 0.467. The topological polar surface area (TPSA) is 0 Å². The molecule has 1 heteroatoms. The third kappa shape index (κ3) is 4.44. The number of rotatable bonds is 5. The Morgan fingerprint density at radius 2 is 2.19 bits per heavy atom. The Bertz CT molecular complexity index is 333. The molecule has 1 unspecified atom stereocenters. The van der Waals surface area contributed by atoms with Crippen LogP contribution in [0, 0.1) is 5.41 Å². The van der Waals surface area contributed by atoms with Crippen LogP contribution in [0.15, 0.2) is 48.1 Å². The second kappa shape index (κ2) is 6.15. The Morgan fingerprint density at radius 3 is 2.81 bits per heavy atom. The zero-order chi connectivity index (χ0) is 12.0. The van der Waals surface area contributed by atoms with Gasteiger partial charge in [0.15, 0.2) is 0 Å². The number of allylic oxidation sites excluding steroid dienone is 7. The summed E-state index contributed by atoms with van der Waals surface area (Å²) in [6.07, 6.45) is 14.5. The molecule has 0 heterocycles. The molecule has 88 valence electrons. The van der Waals surface area contributed by atoms with E-state index in [1.54, 1.807) is 0 Å². The molecule has 0 amide bonds. The van der Waals surface area contributed by atoms with Crippen molar-refractivity contribution in [2.45, 2.75) is 33.1 Å². The fourth-order valence-electron chi connectivity index (χ4n) is 1.73. The Morgan fingerprint density at radius 1 is 1.44 bits per heavy atom. The minimum atomic E-state index is 0.170. The van der Waals surface area contributed by atoms with Crippen LogP contribution in [0.2, 0.25) is 0 Å². The molecule has 0 spiro atoms. The Labute approximate surface area is 105 Å². The van der Waals surface area contributed by atoms with Gasteiger partial charge in [0.25, 0.3) is 0 Å². The molecule has 1 rings (SSSR count). The monoisotopic (exact) mass is 234 g/mol. The zero-order valence-electron chi connectivity index (χ0n) is 10.4. The summed E-state index contributed by atoms with van der Waals surface area (Å²) in [6, 6.07) is 0. The van der Waals surface area contributed by atoms with E-state index in [-0.39, 0.29) is 5.41 Å². The molecule has 0 N–H and O–H groups in total. The van der Waals surface area contributed by atoms with E-state index in [1.807, 2.05) is 0 Å². The van der Waals surface area contributed by atoms with Crippen molar-refractivity contribution in [1.29, 1.82) is 0 Å². The average molecular weight is 234 g/mol. The molecule has 0 fully saturated rings. The molecule has 1 aliphatic rings. The molecule has 1 atom stereocenters. The summed E-state index contributed by atoms with van der Waals surface area (Å²) in [5.41, 5.74) is 2.81. The average Bonchev–Trinajstić information content (AvgIpc) is 2.38. The van der Waals surface area contributed by atoms with E-state index in [4.69, 9.17) is 0 Å². The predicted molar refractivity (Wildman–Crippen MR) is 77.0 cm³/mol. The Balaban J connectivity index is 2.63. The normalized spacial score (nSPS) is 24.1. The summed E-state index contributed by atoms with van der Waals surface area (Å²) in [4.78, 5) is 0. The molecule has 0 aliphatic heterocycles. The van der Waals surface area contributed by atoms with Gasteiger partial charge >= 0.3 is 0 Å². The lowest BCUT2D eigenvalue weighted by atomic mass is 9.87. The molecule has 0 nitrogen and oxygen atoms in total. The van der Waals surface area contributed by atoms with Crippen LogP contribution >= 0.6 is 12.6 Å². The molecule has 1 aliphatic carbocycles. The van der Waals surface area contributed by atoms with Crippen LogP contribution in [0.3, 0.4) is 0 Å². The van der Waals surface area contributed by atoms with E-state index in [9.17, 15) is 0 Å². The van der Waals surface area contributed by atoms with E-state index in [0.717, 1.165) is 25.0 Å². The van der Waals surface area contributed by atoms with Gasteiger partial charge in [-0.05, 0) is 37.5 Å². The van der Waals surface area contributed by atoms with Crippen molar-refractivity contribution in [3.05, 3.63) is 48.1 Å². The van der Waals surface area contributed by atoms with Crippen molar-refractivity contribution in [2.75, 3.05) is 5.75 Å². The van der Waals surface area contributed by atoms with Gasteiger partial charge in [0, 0.05) is 5.41 Å². The zero-order valence-corrected chi connectivity index (χ0v) is 11.3. The van der Waals surface area contributed by atoms with Crippen molar-refractivity contribution in [3.63, 3.8) is 0 Å². The summed E-state index contributed by atoms with van der Waals surface area (Å²) < 4.78 is 0. The van der Waals surface area contributed by atoms with Gasteiger partial charge in [0.1, 0.15) is 0 Å². The van der Waals surface area contributed by atoms with Crippen molar-refractivity contribution < 1.29 is 0 Å². The van der Waals surface area contributed by atoms with Gasteiger partial charge in [-0.15, -0.1) is 6.58 Å². The second-order valence-electron chi connectivity index (χ2n) is 4.87. The van der Waals surface area contributed by atoms with E-state index in [1.165, 1.54) is 11.1 Å². The van der Waals surface area contributed by atoms with Gasteiger partial charge in [-0.1, -0.05) is 42.9 Å². The van der Waals surface area contributed by atoms with Crippen molar-refractivity contribution in [1.82, 2.24) is 0 Å². The van der Waals surface area contributed by atoms with Gasteiger partial charge in [0.2, 0.25) is 0 Å². The van der Waals surface area contributed by atoms with Crippen LogP contribution in [-0.4, -0.2) is 5.75 Å². The van der Waals surface area contributed by atoms with Crippen molar-refractivity contribution in [3.8, 4) is 0 Å². The van der Waals surface area contributed by atoms with Crippen LogP contribution in [0.25, 0.3) is 0 Å². The molecule has 0 aromatic rings. The van der Waals surface area contributed by atoms with Gasteiger partial charge in [0.05, 0.1) is 0 Å². The molecule has 0 radical (unpaired) electrons. The Kier molecular flexibility index (Phi) is 5.14. The number of hydrogen-bond acceptors (Lipinski definition) is 1. The van der Waals surface area contributed by atoms with E-state index >= 15 is 0 Å². The van der Waals surface area contributed by atoms with E-state index in [0.29, 0.717) is 0 Å². The fourth-order valence-corrected chi connectivity index (χ4v) is 2.21. The van der Waals surface area contributed by atoms with Crippen LogP contribution in [-0.2, 0) is 0 Å².